The van der Waals surface area contributed by atoms with E-state index in [0.29, 0.717) is 0 Å². The van der Waals surface area contributed by atoms with Gasteiger partial charge in [-0.15, -0.1) is 0 Å². The van der Waals surface area contributed by atoms with E-state index in [-0.39, 0.29) is 0 Å². The summed E-state index contributed by atoms with van der Waals surface area (Å²) in [6.07, 6.45) is 4.10. The molecule has 4 aromatic rings. The van der Waals surface area contributed by atoms with Crippen LogP contribution in [0, 0.1) is 0 Å². The molecule has 0 saturated carbocycles. The van der Waals surface area contributed by atoms with E-state index in [1.54, 1.807) is 7.11 Å². The van der Waals surface area contributed by atoms with E-state index in [0.717, 1.165) is 22.5 Å². The highest BCUT2D eigenvalue weighted by Gasteiger charge is 2.01. The molecule has 0 aliphatic carbocycles. The third-order valence-electron chi connectivity index (χ3n) is 4.18. The molecule has 116 valence electrons. The first-order valence-electron chi connectivity index (χ1n) is 7.94. The molecular weight excluding hydrogens is 294 g/mol. The minimum absolute atomic E-state index is 0.864. The zero-order valence-electron chi connectivity index (χ0n) is 13.4. The molecule has 0 aliphatic rings. The number of hydrogen-bond acceptors (Lipinski definition) is 2. The van der Waals surface area contributed by atoms with E-state index in [9.17, 15) is 0 Å². The van der Waals surface area contributed by atoms with Crippen LogP contribution >= 0.6 is 0 Å². The third-order valence-corrected chi connectivity index (χ3v) is 4.18. The summed E-state index contributed by atoms with van der Waals surface area (Å²) in [6, 6.07) is 24.8. The van der Waals surface area contributed by atoms with E-state index in [1.165, 1.54) is 16.2 Å². The highest BCUT2D eigenvalue weighted by atomic mass is 16.5. The van der Waals surface area contributed by atoms with Crippen LogP contribution in [0.3, 0.4) is 0 Å². The van der Waals surface area contributed by atoms with Crippen LogP contribution in [0.25, 0.3) is 33.8 Å². The van der Waals surface area contributed by atoms with E-state index in [2.05, 4.69) is 54.6 Å². The molecule has 0 unspecified atom stereocenters. The van der Waals surface area contributed by atoms with Crippen molar-refractivity contribution in [2.75, 3.05) is 7.11 Å². The van der Waals surface area contributed by atoms with Crippen molar-refractivity contribution in [2.24, 2.45) is 0 Å². The summed E-state index contributed by atoms with van der Waals surface area (Å²) in [6.45, 7) is 0. The van der Waals surface area contributed by atoms with Crippen LogP contribution in [-0.2, 0) is 0 Å². The minimum atomic E-state index is 0.864. The van der Waals surface area contributed by atoms with Crippen LogP contribution in [0.15, 0.2) is 72.8 Å². The lowest BCUT2D eigenvalue weighted by Gasteiger charge is -2.04. The van der Waals surface area contributed by atoms with E-state index in [1.807, 2.05) is 30.3 Å². The predicted octanol–water partition coefficient (Wildman–Crippen LogP) is 5.57. The van der Waals surface area contributed by atoms with Crippen LogP contribution in [0.4, 0.5) is 0 Å². The Labute approximate surface area is 141 Å². The normalized spacial score (nSPS) is 11.4. The van der Waals surface area contributed by atoms with Crippen molar-refractivity contribution in [3.05, 3.63) is 84.1 Å². The van der Waals surface area contributed by atoms with Crippen molar-refractivity contribution >= 4 is 33.8 Å². The summed E-state index contributed by atoms with van der Waals surface area (Å²) in [4.78, 5) is 4.76. The van der Waals surface area contributed by atoms with Crippen molar-refractivity contribution in [3.63, 3.8) is 0 Å². The topological polar surface area (TPSA) is 22.1 Å². The minimum Gasteiger partial charge on any atom is -0.497 e. The molecule has 0 N–H and O–H groups in total. The summed E-state index contributed by atoms with van der Waals surface area (Å²) >= 11 is 0. The Bertz CT molecular complexity index is 1030. The number of rotatable bonds is 3. The van der Waals surface area contributed by atoms with Gasteiger partial charge in [-0.2, -0.15) is 0 Å². The van der Waals surface area contributed by atoms with E-state index in [4.69, 9.17) is 9.72 Å². The van der Waals surface area contributed by atoms with Gasteiger partial charge in [0.15, 0.2) is 0 Å². The van der Waals surface area contributed by atoms with Gasteiger partial charge in [0, 0.05) is 5.39 Å². The second-order valence-corrected chi connectivity index (χ2v) is 5.70. The van der Waals surface area contributed by atoms with Crippen LogP contribution in [0.5, 0.6) is 5.75 Å². The van der Waals surface area contributed by atoms with E-state index >= 15 is 0 Å². The van der Waals surface area contributed by atoms with Gasteiger partial charge in [-0.25, -0.2) is 4.98 Å². The quantitative estimate of drug-likeness (QED) is 0.462. The molecule has 0 radical (unpaired) electrons. The van der Waals surface area contributed by atoms with Gasteiger partial charge in [-0.3, -0.25) is 0 Å². The summed E-state index contributed by atoms with van der Waals surface area (Å²) < 4.78 is 5.18. The van der Waals surface area contributed by atoms with Crippen molar-refractivity contribution in [1.29, 1.82) is 0 Å². The zero-order valence-corrected chi connectivity index (χ0v) is 13.4. The van der Waals surface area contributed by atoms with Gasteiger partial charge in [0.1, 0.15) is 5.75 Å². The molecule has 1 heterocycles. The van der Waals surface area contributed by atoms with Crippen LogP contribution < -0.4 is 4.74 Å². The first-order chi connectivity index (χ1) is 11.8. The lowest BCUT2D eigenvalue weighted by Crippen LogP contribution is -1.85. The van der Waals surface area contributed by atoms with Crippen LogP contribution in [0.1, 0.15) is 11.3 Å². The largest absolute Gasteiger partial charge is 0.497 e. The SMILES string of the molecule is COc1ccc(/C=C/c2ccc3c(ccc4ccccc43)n2)cc1. The molecule has 1 aromatic heterocycles. The Balaban J connectivity index is 1.69. The second-order valence-electron chi connectivity index (χ2n) is 5.70. The zero-order chi connectivity index (χ0) is 16.4. The Morgan fingerprint density at radius 3 is 2.42 bits per heavy atom. The number of pyridine rings is 1. The van der Waals surface area contributed by atoms with Gasteiger partial charge < -0.3 is 4.74 Å². The maximum Gasteiger partial charge on any atom is 0.118 e. The number of ether oxygens (including phenoxy) is 1. The average Bonchev–Trinajstić information content (AvgIpc) is 2.66. The molecular formula is C22H17NO. The Hall–Kier alpha value is -3.13. The standard InChI is InChI=1S/C22H17NO/c1-24-19-12-7-16(8-13-19)6-10-18-11-14-21-20-5-3-2-4-17(20)9-15-22(21)23-18/h2-15H,1H3/b10-6+. The number of nitrogens with zero attached hydrogens (tertiary/aromatic N) is 1. The predicted molar refractivity (Wildman–Crippen MR) is 101 cm³/mol. The maximum absolute atomic E-state index is 5.18. The van der Waals surface area contributed by atoms with Crippen LogP contribution in [0.2, 0.25) is 0 Å². The van der Waals surface area contributed by atoms with Crippen molar-refractivity contribution < 1.29 is 4.74 Å². The monoisotopic (exact) mass is 311 g/mol. The summed E-state index contributed by atoms with van der Waals surface area (Å²) in [5.41, 5.74) is 3.09. The molecule has 0 bridgehead atoms. The lowest BCUT2D eigenvalue weighted by atomic mass is 10.0. The average molecular weight is 311 g/mol. The molecule has 0 saturated heterocycles. The number of methoxy groups -OCH3 is 1. The first kappa shape index (κ1) is 14.5. The smallest absolute Gasteiger partial charge is 0.118 e. The molecule has 0 spiro atoms. The fraction of sp³-hybridized carbons (Fsp3) is 0.0455. The molecule has 24 heavy (non-hydrogen) atoms. The molecule has 0 aliphatic heterocycles. The summed E-state index contributed by atoms with van der Waals surface area (Å²) in [5.74, 6) is 0.864. The Morgan fingerprint density at radius 1 is 0.750 bits per heavy atom. The number of hydrogen-bond donors (Lipinski definition) is 0. The Morgan fingerprint density at radius 2 is 1.58 bits per heavy atom. The molecule has 0 amide bonds. The van der Waals surface area contributed by atoms with E-state index < -0.39 is 0 Å². The molecule has 4 rings (SSSR count). The second kappa shape index (κ2) is 6.17. The van der Waals surface area contributed by atoms with Gasteiger partial charge in [0.25, 0.3) is 0 Å². The van der Waals surface area contributed by atoms with Gasteiger partial charge in [0.2, 0.25) is 0 Å². The third kappa shape index (κ3) is 2.74. The number of aromatic nitrogens is 1. The summed E-state index contributed by atoms with van der Waals surface area (Å²) in [7, 11) is 1.67. The number of benzene rings is 3. The molecule has 2 heteroatoms. The van der Waals surface area contributed by atoms with Gasteiger partial charge in [-0.05, 0) is 46.7 Å². The fourth-order valence-electron chi connectivity index (χ4n) is 2.89. The fourth-order valence-corrected chi connectivity index (χ4v) is 2.89. The Kier molecular flexibility index (Phi) is 3.72. The van der Waals surface area contributed by atoms with Crippen molar-refractivity contribution in [3.8, 4) is 5.75 Å². The van der Waals surface area contributed by atoms with Gasteiger partial charge in [0.05, 0.1) is 18.3 Å². The molecule has 0 atom stereocenters. The molecule has 3 aromatic carbocycles. The van der Waals surface area contributed by atoms with Gasteiger partial charge in [-0.1, -0.05) is 54.6 Å². The highest BCUT2D eigenvalue weighted by Crippen LogP contribution is 2.24. The van der Waals surface area contributed by atoms with Crippen LogP contribution in [-0.4, -0.2) is 12.1 Å². The lowest BCUT2D eigenvalue weighted by molar-refractivity contribution is 0.415. The molecule has 0 fully saturated rings. The highest BCUT2D eigenvalue weighted by molar-refractivity contribution is 6.06. The molecule has 2 nitrogen and oxygen atoms in total. The maximum atomic E-state index is 5.18. The number of fused-ring (bicyclic) bond motifs is 3. The summed E-state index contributed by atoms with van der Waals surface area (Å²) in [5, 5.41) is 3.68. The first-order valence-corrected chi connectivity index (χ1v) is 7.94. The van der Waals surface area contributed by atoms with Crippen molar-refractivity contribution in [2.45, 2.75) is 0 Å². The van der Waals surface area contributed by atoms with Gasteiger partial charge >= 0.3 is 0 Å². The van der Waals surface area contributed by atoms with Crippen molar-refractivity contribution in [1.82, 2.24) is 4.98 Å².